The Bertz CT molecular complexity index is 448. The third kappa shape index (κ3) is 6.76. The SMILES string of the molecule is CN=C(NCCNC(=O)C(C)(C)C)N1CCC(CC(=O)NC)CC1. The lowest BCUT2D eigenvalue weighted by atomic mass is 9.93. The van der Waals surface area contributed by atoms with Crippen LogP contribution >= 0.6 is 0 Å². The second-order valence-corrected chi connectivity index (χ2v) is 7.29. The second kappa shape index (κ2) is 9.49. The summed E-state index contributed by atoms with van der Waals surface area (Å²) in [6.45, 7) is 8.72. The lowest BCUT2D eigenvalue weighted by molar-refractivity contribution is -0.128. The van der Waals surface area contributed by atoms with Crippen LogP contribution in [0.3, 0.4) is 0 Å². The molecule has 0 spiro atoms. The van der Waals surface area contributed by atoms with E-state index in [0.717, 1.165) is 31.9 Å². The number of hydrogen-bond acceptors (Lipinski definition) is 3. The third-order valence-corrected chi connectivity index (χ3v) is 4.25. The Morgan fingerprint density at radius 3 is 2.21 bits per heavy atom. The van der Waals surface area contributed by atoms with E-state index in [1.165, 1.54) is 0 Å². The van der Waals surface area contributed by atoms with E-state index < -0.39 is 0 Å². The molecule has 0 aromatic rings. The van der Waals surface area contributed by atoms with Crippen molar-refractivity contribution in [1.82, 2.24) is 20.9 Å². The molecule has 1 aliphatic rings. The first-order chi connectivity index (χ1) is 11.3. The van der Waals surface area contributed by atoms with Crippen molar-refractivity contribution in [1.29, 1.82) is 0 Å². The van der Waals surface area contributed by atoms with Gasteiger partial charge in [0.25, 0.3) is 0 Å². The summed E-state index contributed by atoms with van der Waals surface area (Å²) in [5.41, 5.74) is -0.367. The van der Waals surface area contributed by atoms with E-state index in [2.05, 4.69) is 25.8 Å². The molecule has 2 amide bonds. The number of rotatable bonds is 5. The Hall–Kier alpha value is -1.79. The molecule has 1 heterocycles. The average molecular weight is 339 g/mol. The van der Waals surface area contributed by atoms with Gasteiger partial charge in [0.05, 0.1) is 0 Å². The van der Waals surface area contributed by atoms with Crippen LogP contribution in [0.1, 0.15) is 40.0 Å². The van der Waals surface area contributed by atoms with E-state index in [0.29, 0.717) is 25.4 Å². The number of carbonyl (C=O) groups is 2. The summed E-state index contributed by atoms with van der Waals surface area (Å²) in [5, 5.41) is 8.90. The summed E-state index contributed by atoms with van der Waals surface area (Å²) in [6, 6.07) is 0. The van der Waals surface area contributed by atoms with Crippen molar-refractivity contribution in [2.45, 2.75) is 40.0 Å². The molecule has 1 rings (SSSR count). The van der Waals surface area contributed by atoms with Crippen molar-refractivity contribution < 1.29 is 9.59 Å². The summed E-state index contributed by atoms with van der Waals surface area (Å²) in [6.07, 6.45) is 2.60. The second-order valence-electron chi connectivity index (χ2n) is 7.29. The monoisotopic (exact) mass is 339 g/mol. The first kappa shape index (κ1) is 20.3. The van der Waals surface area contributed by atoms with Crippen molar-refractivity contribution in [2.75, 3.05) is 40.3 Å². The maximum absolute atomic E-state index is 11.8. The number of likely N-dealkylation sites (tertiary alicyclic amines) is 1. The molecular formula is C17H33N5O2. The molecule has 0 aromatic heterocycles. The molecule has 3 N–H and O–H groups in total. The van der Waals surface area contributed by atoms with Crippen LogP contribution in [-0.4, -0.2) is 62.9 Å². The zero-order chi connectivity index (χ0) is 18.2. The van der Waals surface area contributed by atoms with Crippen LogP contribution in [-0.2, 0) is 9.59 Å². The topological polar surface area (TPSA) is 85.8 Å². The highest BCUT2D eigenvalue weighted by atomic mass is 16.2. The largest absolute Gasteiger partial charge is 0.359 e. The average Bonchev–Trinajstić information content (AvgIpc) is 2.54. The molecule has 138 valence electrons. The standard InChI is InChI=1S/C17H33N5O2/c1-17(2,3)15(24)20-8-9-21-16(19-5)22-10-6-13(7-11-22)12-14(23)18-4/h13H,6-12H2,1-5H3,(H,18,23)(H,19,21)(H,20,24). The Labute approximate surface area is 145 Å². The Morgan fingerprint density at radius 1 is 1.12 bits per heavy atom. The van der Waals surface area contributed by atoms with E-state index >= 15 is 0 Å². The predicted octanol–water partition coefficient (Wildman–Crippen LogP) is 0.572. The number of piperidine rings is 1. The quantitative estimate of drug-likeness (QED) is 0.388. The molecule has 0 saturated carbocycles. The van der Waals surface area contributed by atoms with Gasteiger partial charge in [0, 0.05) is 52.1 Å². The van der Waals surface area contributed by atoms with Crippen molar-refractivity contribution in [3.05, 3.63) is 0 Å². The number of nitrogens with zero attached hydrogens (tertiary/aromatic N) is 2. The number of hydrogen-bond donors (Lipinski definition) is 3. The van der Waals surface area contributed by atoms with Gasteiger partial charge >= 0.3 is 0 Å². The van der Waals surface area contributed by atoms with Gasteiger partial charge in [0.15, 0.2) is 5.96 Å². The zero-order valence-electron chi connectivity index (χ0n) is 15.7. The molecule has 0 aromatic carbocycles. The van der Waals surface area contributed by atoms with Gasteiger partial charge in [0.1, 0.15) is 0 Å². The van der Waals surface area contributed by atoms with Gasteiger partial charge in [0.2, 0.25) is 11.8 Å². The summed E-state index contributed by atoms with van der Waals surface area (Å²) in [4.78, 5) is 29.8. The van der Waals surface area contributed by atoms with E-state index in [1.54, 1.807) is 14.1 Å². The molecule has 1 aliphatic heterocycles. The lowest BCUT2D eigenvalue weighted by Crippen LogP contribution is -2.48. The smallest absolute Gasteiger partial charge is 0.225 e. The number of guanidine groups is 1. The zero-order valence-corrected chi connectivity index (χ0v) is 15.7. The number of carbonyl (C=O) groups excluding carboxylic acids is 2. The Balaban J connectivity index is 2.31. The summed E-state index contributed by atoms with van der Waals surface area (Å²) in [7, 11) is 3.45. The van der Waals surface area contributed by atoms with E-state index in [4.69, 9.17) is 0 Å². The molecule has 1 fully saturated rings. The molecule has 0 unspecified atom stereocenters. The fraction of sp³-hybridized carbons (Fsp3) is 0.824. The van der Waals surface area contributed by atoms with Gasteiger partial charge in [-0.05, 0) is 18.8 Å². The minimum atomic E-state index is -0.367. The minimum Gasteiger partial charge on any atom is -0.359 e. The number of nitrogens with one attached hydrogen (secondary N) is 3. The molecule has 0 bridgehead atoms. The molecule has 0 atom stereocenters. The van der Waals surface area contributed by atoms with Gasteiger partial charge in [-0.1, -0.05) is 20.8 Å². The fourth-order valence-electron chi connectivity index (χ4n) is 2.66. The van der Waals surface area contributed by atoms with E-state index in [1.807, 2.05) is 20.8 Å². The highest BCUT2D eigenvalue weighted by Gasteiger charge is 2.23. The fourth-order valence-corrected chi connectivity index (χ4v) is 2.66. The lowest BCUT2D eigenvalue weighted by Gasteiger charge is -2.34. The predicted molar refractivity (Wildman–Crippen MR) is 96.8 cm³/mol. The summed E-state index contributed by atoms with van der Waals surface area (Å²) >= 11 is 0. The molecular weight excluding hydrogens is 306 g/mol. The molecule has 0 radical (unpaired) electrons. The summed E-state index contributed by atoms with van der Waals surface area (Å²) in [5.74, 6) is 1.48. The van der Waals surface area contributed by atoms with Crippen LogP contribution in [0.5, 0.6) is 0 Å². The van der Waals surface area contributed by atoms with Crippen LogP contribution in [0, 0.1) is 11.3 Å². The van der Waals surface area contributed by atoms with Gasteiger partial charge in [-0.2, -0.15) is 0 Å². The highest BCUT2D eigenvalue weighted by molar-refractivity contribution is 5.82. The third-order valence-electron chi connectivity index (χ3n) is 4.25. The molecule has 7 nitrogen and oxygen atoms in total. The maximum Gasteiger partial charge on any atom is 0.225 e. The Morgan fingerprint density at radius 2 is 1.71 bits per heavy atom. The van der Waals surface area contributed by atoms with Crippen LogP contribution in [0.2, 0.25) is 0 Å². The molecule has 24 heavy (non-hydrogen) atoms. The van der Waals surface area contributed by atoms with Crippen molar-refractivity contribution in [3.63, 3.8) is 0 Å². The van der Waals surface area contributed by atoms with Gasteiger partial charge in [-0.25, -0.2) is 0 Å². The van der Waals surface area contributed by atoms with Crippen molar-refractivity contribution in [2.24, 2.45) is 16.3 Å². The highest BCUT2D eigenvalue weighted by Crippen LogP contribution is 2.20. The minimum absolute atomic E-state index is 0.0503. The number of amides is 2. The van der Waals surface area contributed by atoms with Crippen LogP contribution in [0.15, 0.2) is 4.99 Å². The van der Waals surface area contributed by atoms with Crippen molar-refractivity contribution in [3.8, 4) is 0 Å². The first-order valence-electron chi connectivity index (χ1n) is 8.72. The van der Waals surface area contributed by atoms with Crippen LogP contribution < -0.4 is 16.0 Å². The molecule has 1 saturated heterocycles. The summed E-state index contributed by atoms with van der Waals surface area (Å²) < 4.78 is 0. The van der Waals surface area contributed by atoms with Crippen molar-refractivity contribution >= 4 is 17.8 Å². The van der Waals surface area contributed by atoms with Gasteiger partial charge in [-0.3, -0.25) is 14.6 Å². The van der Waals surface area contributed by atoms with E-state index in [9.17, 15) is 9.59 Å². The number of aliphatic imine (C=N–C) groups is 1. The molecule has 0 aliphatic carbocycles. The van der Waals surface area contributed by atoms with Gasteiger partial charge < -0.3 is 20.9 Å². The Kier molecular flexibility index (Phi) is 8.01. The normalized spacial score (nSPS) is 16.7. The van der Waals surface area contributed by atoms with E-state index in [-0.39, 0.29) is 17.2 Å². The maximum atomic E-state index is 11.8. The van der Waals surface area contributed by atoms with Crippen LogP contribution in [0.25, 0.3) is 0 Å². The molecule has 7 heteroatoms. The first-order valence-corrected chi connectivity index (χ1v) is 8.72. The van der Waals surface area contributed by atoms with Crippen LogP contribution in [0.4, 0.5) is 0 Å². The van der Waals surface area contributed by atoms with Gasteiger partial charge in [-0.15, -0.1) is 0 Å².